The first-order valence-corrected chi connectivity index (χ1v) is 9.96. The summed E-state index contributed by atoms with van der Waals surface area (Å²) in [5, 5.41) is 2.21. The Morgan fingerprint density at radius 2 is 1.56 bits per heavy atom. The van der Waals surface area contributed by atoms with Gasteiger partial charge in [0.25, 0.3) is 11.8 Å². The van der Waals surface area contributed by atoms with E-state index in [2.05, 4.69) is 5.32 Å². The lowest BCUT2D eigenvalue weighted by atomic mass is 10.1. The smallest absolute Gasteiger partial charge is 0.336 e. The van der Waals surface area contributed by atoms with Crippen LogP contribution in [0, 0.1) is 0 Å². The molecule has 2 aromatic rings. The summed E-state index contributed by atoms with van der Waals surface area (Å²) in [4.78, 5) is 39.3. The first-order valence-electron chi connectivity index (χ1n) is 9.96. The largest absolute Gasteiger partial charge is 0.494 e. The van der Waals surface area contributed by atoms with E-state index in [0.29, 0.717) is 41.8 Å². The standard InChI is InChI=1S/C23H24N2O7/c1-5-31-15-8-10-18(32-6-2)17(13-15)25-22(27)16(21(26)24-23(25)28)11-14-7-9-19(29-3)20(12-14)30-4/h7-13H,5-6H2,1-4H3,(H,24,26,28)/b16-11+. The van der Waals surface area contributed by atoms with Crippen molar-refractivity contribution in [3.05, 3.63) is 47.5 Å². The Labute approximate surface area is 185 Å². The van der Waals surface area contributed by atoms with Crippen LogP contribution >= 0.6 is 0 Å². The molecule has 0 radical (unpaired) electrons. The van der Waals surface area contributed by atoms with Gasteiger partial charge < -0.3 is 18.9 Å². The number of nitrogens with one attached hydrogen (secondary N) is 1. The van der Waals surface area contributed by atoms with Crippen molar-refractivity contribution >= 4 is 29.6 Å². The zero-order chi connectivity index (χ0) is 23.3. The number of nitrogens with zero attached hydrogens (tertiary/aromatic N) is 1. The lowest BCUT2D eigenvalue weighted by Crippen LogP contribution is -2.54. The topological polar surface area (TPSA) is 103 Å². The van der Waals surface area contributed by atoms with E-state index in [0.717, 1.165) is 4.90 Å². The number of urea groups is 1. The van der Waals surface area contributed by atoms with Crippen molar-refractivity contribution in [2.45, 2.75) is 13.8 Å². The molecule has 32 heavy (non-hydrogen) atoms. The maximum atomic E-state index is 13.3. The van der Waals surface area contributed by atoms with Crippen LogP contribution in [0.5, 0.6) is 23.0 Å². The Kier molecular flexibility index (Phi) is 6.99. The lowest BCUT2D eigenvalue weighted by Gasteiger charge is -2.28. The second-order valence-corrected chi connectivity index (χ2v) is 6.57. The fourth-order valence-corrected chi connectivity index (χ4v) is 3.19. The molecule has 1 aliphatic rings. The van der Waals surface area contributed by atoms with Crippen LogP contribution in [0.2, 0.25) is 0 Å². The lowest BCUT2D eigenvalue weighted by molar-refractivity contribution is -0.122. The van der Waals surface area contributed by atoms with Gasteiger partial charge in [0.15, 0.2) is 11.5 Å². The van der Waals surface area contributed by atoms with Gasteiger partial charge in [0.1, 0.15) is 17.1 Å². The van der Waals surface area contributed by atoms with Crippen molar-refractivity contribution in [3.63, 3.8) is 0 Å². The summed E-state index contributed by atoms with van der Waals surface area (Å²) in [6.45, 7) is 4.32. The van der Waals surface area contributed by atoms with E-state index in [9.17, 15) is 14.4 Å². The number of ether oxygens (including phenoxy) is 4. The molecule has 3 rings (SSSR count). The molecule has 9 heteroatoms. The van der Waals surface area contributed by atoms with E-state index in [-0.39, 0.29) is 11.3 Å². The van der Waals surface area contributed by atoms with Crippen molar-refractivity contribution in [2.75, 3.05) is 32.3 Å². The number of anilines is 1. The summed E-state index contributed by atoms with van der Waals surface area (Å²) in [6, 6.07) is 8.87. The number of imide groups is 2. The van der Waals surface area contributed by atoms with Crippen molar-refractivity contribution in [3.8, 4) is 23.0 Å². The summed E-state index contributed by atoms with van der Waals surface area (Å²) in [5.74, 6) is 0.0997. The van der Waals surface area contributed by atoms with Crippen molar-refractivity contribution in [1.82, 2.24) is 5.32 Å². The number of amides is 4. The van der Waals surface area contributed by atoms with E-state index in [1.54, 1.807) is 37.3 Å². The molecule has 0 aliphatic carbocycles. The van der Waals surface area contributed by atoms with Crippen LogP contribution in [0.3, 0.4) is 0 Å². The molecule has 0 aromatic heterocycles. The van der Waals surface area contributed by atoms with Crippen LogP contribution in [0.4, 0.5) is 10.5 Å². The number of benzene rings is 2. The molecule has 1 aliphatic heterocycles. The number of rotatable bonds is 8. The number of carbonyl (C=O) groups is 3. The molecule has 0 spiro atoms. The van der Waals surface area contributed by atoms with Crippen LogP contribution in [-0.2, 0) is 9.59 Å². The normalized spacial score (nSPS) is 14.9. The molecule has 1 N–H and O–H groups in total. The molecule has 2 aromatic carbocycles. The molecule has 0 unspecified atom stereocenters. The van der Waals surface area contributed by atoms with Gasteiger partial charge in [-0.25, -0.2) is 9.69 Å². The van der Waals surface area contributed by atoms with Gasteiger partial charge >= 0.3 is 6.03 Å². The Balaban J connectivity index is 2.06. The third-order valence-electron chi connectivity index (χ3n) is 4.60. The first kappa shape index (κ1) is 22.7. The monoisotopic (exact) mass is 440 g/mol. The van der Waals surface area contributed by atoms with E-state index >= 15 is 0 Å². The molecule has 168 valence electrons. The summed E-state index contributed by atoms with van der Waals surface area (Å²) in [7, 11) is 2.98. The molecule has 0 saturated carbocycles. The van der Waals surface area contributed by atoms with Gasteiger partial charge in [-0.05, 0) is 49.8 Å². The second-order valence-electron chi connectivity index (χ2n) is 6.57. The van der Waals surface area contributed by atoms with Crippen LogP contribution in [0.25, 0.3) is 6.08 Å². The molecule has 0 bridgehead atoms. The highest BCUT2D eigenvalue weighted by Crippen LogP contribution is 2.35. The van der Waals surface area contributed by atoms with Crippen molar-refractivity contribution in [1.29, 1.82) is 0 Å². The third kappa shape index (κ3) is 4.51. The van der Waals surface area contributed by atoms with E-state index in [1.165, 1.54) is 26.4 Å². The Morgan fingerprint density at radius 3 is 2.22 bits per heavy atom. The highest BCUT2D eigenvalue weighted by molar-refractivity contribution is 6.39. The van der Waals surface area contributed by atoms with Crippen LogP contribution in [-0.4, -0.2) is 45.3 Å². The molecule has 0 atom stereocenters. The molecule has 9 nitrogen and oxygen atoms in total. The third-order valence-corrected chi connectivity index (χ3v) is 4.60. The van der Waals surface area contributed by atoms with Gasteiger partial charge in [-0.15, -0.1) is 0 Å². The van der Waals surface area contributed by atoms with Crippen LogP contribution in [0.1, 0.15) is 19.4 Å². The Hall–Kier alpha value is -4.01. The minimum Gasteiger partial charge on any atom is -0.494 e. The van der Waals surface area contributed by atoms with Gasteiger partial charge in [0, 0.05) is 6.07 Å². The highest BCUT2D eigenvalue weighted by Gasteiger charge is 2.38. The number of hydrogen-bond donors (Lipinski definition) is 1. The van der Waals surface area contributed by atoms with E-state index in [4.69, 9.17) is 18.9 Å². The van der Waals surface area contributed by atoms with Crippen LogP contribution < -0.4 is 29.2 Å². The highest BCUT2D eigenvalue weighted by atomic mass is 16.5. The van der Waals surface area contributed by atoms with Gasteiger partial charge in [0.05, 0.1) is 33.1 Å². The van der Waals surface area contributed by atoms with Gasteiger partial charge in [-0.1, -0.05) is 6.07 Å². The van der Waals surface area contributed by atoms with Gasteiger partial charge in [-0.3, -0.25) is 14.9 Å². The summed E-state index contributed by atoms with van der Waals surface area (Å²) in [6.07, 6.45) is 1.38. The molecular weight excluding hydrogens is 416 g/mol. The van der Waals surface area contributed by atoms with E-state index < -0.39 is 17.8 Å². The molecule has 1 heterocycles. The van der Waals surface area contributed by atoms with Gasteiger partial charge in [0.2, 0.25) is 0 Å². The minimum atomic E-state index is -0.876. The number of hydrogen-bond acceptors (Lipinski definition) is 7. The van der Waals surface area contributed by atoms with Gasteiger partial charge in [-0.2, -0.15) is 0 Å². The summed E-state index contributed by atoms with van der Waals surface area (Å²) >= 11 is 0. The predicted molar refractivity (Wildman–Crippen MR) is 117 cm³/mol. The quantitative estimate of drug-likeness (QED) is 0.497. The SMILES string of the molecule is CCOc1ccc(OCC)c(N2C(=O)NC(=O)/C(=C\c3ccc(OC)c(OC)c3)C2=O)c1. The first-order chi connectivity index (χ1) is 15.4. The zero-order valence-corrected chi connectivity index (χ0v) is 18.3. The number of barbiturate groups is 1. The molecule has 4 amide bonds. The molecule has 1 saturated heterocycles. The second kappa shape index (κ2) is 9.86. The zero-order valence-electron chi connectivity index (χ0n) is 18.3. The van der Waals surface area contributed by atoms with Crippen molar-refractivity contribution < 1.29 is 33.3 Å². The molecular formula is C23H24N2O7. The number of carbonyl (C=O) groups excluding carboxylic acids is 3. The fraction of sp³-hybridized carbons (Fsp3) is 0.261. The van der Waals surface area contributed by atoms with E-state index in [1.807, 2.05) is 6.92 Å². The average molecular weight is 440 g/mol. The fourth-order valence-electron chi connectivity index (χ4n) is 3.19. The predicted octanol–water partition coefficient (Wildman–Crippen LogP) is 3.17. The van der Waals surface area contributed by atoms with Crippen molar-refractivity contribution in [2.24, 2.45) is 0 Å². The maximum absolute atomic E-state index is 13.3. The maximum Gasteiger partial charge on any atom is 0.336 e. The Bertz CT molecular complexity index is 1080. The summed E-state index contributed by atoms with van der Waals surface area (Å²) in [5.41, 5.74) is 0.468. The van der Waals surface area contributed by atoms with Crippen LogP contribution in [0.15, 0.2) is 42.0 Å². The summed E-state index contributed by atoms with van der Waals surface area (Å²) < 4.78 is 21.6. The number of methoxy groups -OCH3 is 2. The molecule has 1 fully saturated rings. The Morgan fingerprint density at radius 1 is 0.875 bits per heavy atom. The minimum absolute atomic E-state index is 0.172. The average Bonchev–Trinajstić information content (AvgIpc) is 2.78.